The SMILES string of the molecule is CCCC1=C(F)[C@](C)(C#Cc2ccc(C#CC#Cc3ccc(CC)cc3)c(C)c2)C1(C)C. The molecular formula is C31H31F. The van der Waals surface area contributed by atoms with Gasteiger partial charge in [-0.05, 0) is 85.6 Å². The molecule has 2 aromatic carbocycles. The summed E-state index contributed by atoms with van der Waals surface area (Å²) in [6.45, 7) is 12.3. The Hall–Kier alpha value is -3.21. The highest BCUT2D eigenvalue weighted by Gasteiger charge is 2.56. The van der Waals surface area contributed by atoms with Crippen LogP contribution in [-0.2, 0) is 6.42 Å². The van der Waals surface area contributed by atoms with Crippen molar-refractivity contribution in [3.63, 3.8) is 0 Å². The van der Waals surface area contributed by atoms with E-state index in [2.05, 4.69) is 75.4 Å². The van der Waals surface area contributed by atoms with Gasteiger partial charge in [0.25, 0.3) is 0 Å². The Labute approximate surface area is 193 Å². The lowest BCUT2D eigenvalue weighted by Crippen LogP contribution is -2.46. The smallest absolute Gasteiger partial charge is 0.118 e. The second-order valence-electron chi connectivity index (χ2n) is 9.12. The lowest BCUT2D eigenvalue weighted by Gasteiger charge is -2.51. The Balaban J connectivity index is 1.76. The number of hydrogen-bond acceptors (Lipinski definition) is 0. The molecule has 0 aliphatic heterocycles. The van der Waals surface area contributed by atoms with Gasteiger partial charge in [0.05, 0.1) is 5.41 Å². The molecule has 32 heavy (non-hydrogen) atoms. The van der Waals surface area contributed by atoms with E-state index in [1.807, 2.05) is 44.2 Å². The molecular weight excluding hydrogens is 391 g/mol. The molecule has 1 aliphatic rings. The van der Waals surface area contributed by atoms with E-state index in [0.29, 0.717) is 0 Å². The van der Waals surface area contributed by atoms with Crippen LogP contribution in [0.1, 0.15) is 75.3 Å². The van der Waals surface area contributed by atoms with Gasteiger partial charge in [-0.1, -0.05) is 69.9 Å². The maximum atomic E-state index is 14.8. The number of allylic oxidation sites excluding steroid dienone is 2. The standard InChI is InChI=1S/C31H31F/c1-7-11-28-29(32)31(6,30(28,4)5)21-20-26-18-19-27(23(3)22-26)13-10-9-12-25-16-14-24(8-2)15-17-25/h14-19,22H,7-8,11H2,1-6H3/t31-/m0/s1. The van der Waals surface area contributed by atoms with Crippen molar-refractivity contribution in [3.8, 4) is 35.5 Å². The summed E-state index contributed by atoms with van der Waals surface area (Å²) in [6.07, 6.45) is 2.78. The van der Waals surface area contributed by atoms with Crippen LogP contribution in [0, 0.1) is 53.3 Å². The number of aryl methyl sites for hydroxylation is 2. The molecule has 0 unspecified atom stereocenters. The third kappa shape index (κ3) is 4.52. The quantitative estimate of drug-likeness (QED) is 0.453. The van der Waals surface area contributed by atoms with Gasteiger partial charge < -0.3 is 0 Å². The van der Waals surface area contributed by atoms with E-state index in [9.17, 15) is 4.39 Å². The van der Waals surface area contributed by atoms with Gasteiger partial charge in [0.1, 0.15) is 5.83 Å². The predicted octanol–water partition coefficient (Wildman–Crippen LogP) is 7.38. The highest BCUT2D eigenvalue weighted by molar-refractivity contribution is 5.52. The third-order valence-corrected chi connectivity index (χ3v) is 6.72. The molecule has 1 aliphatic carbocycles. The molecule has 0 saturated heterocycles. The van der Waals surface area contributed by atoms with Crippen LogP contribution in [0.15, 0.2) is 53.9 Å². The first-order valence-corrected chi connectivity index (χ1v) is 11.4. The van der Waals surface area contributed by atoms with Crippen LogP contribution >= 0.6 is 0 Å². The summed E-state index contributed by atoms with van der Waals surface area (Å²) in [4.78, 5) is 0. The van der Waals surface area contributed by atoms with Crippen molar-refractivity contribution in [1.29, 1.82) is 0 Å². The maximum absolute atomic E-state index is 14.8. The van der Waals surface area contributed by atoms with Gasteiger partial charge in [0, 0.05) is 22.1 Å². The first-order chi connectivity index (χ1) is 15.2. The normalized spacial score (nSPS) is 18.3. The fourth-order valence-electron chi connectivity index (χ4n) is 4.08. The van der Waals surface area contributed by atoms with Gasteiger partial charge in [0.2, 0.25) is 0 Å². The fraction of sp³-hybridized carbons (Fsp3) is 0.355. The van der Waals surface area contributed by atoms with Crippen molar-refractivity contribution >= 4 is 0 Å². The Morgan fingerprint density at radius 3 is 2.09 bits per heavy atom. The lowest BCUT2D eigenvalue weighted by molar-refractivity contribution is 0.132. The average molecular weight is 423 g/mol. The van der Waals surface area contributed by atoms with Crippen molar-refractivity contribution in [2.24, 2.45) is 10.8 Å². The fourth-order valence-corrected chi connectivity index (χ4v) is 4.08. The van der Waals surface area contributed by atoms with E-state index in [1.54, 1.807) is 0 Å². The lowest BCUT2D eigenvalue weighted by atomic mass is 9.52. The molecule has 0 saturated carbocycles. The van der Waals surface area contributed by atoms with Crippen molar-refractivity contribution in [3.05, 3.63) is 81.7 Å². The minimum absolute atomic E-state index is 0.0426. The predicted molar refractivity (Wildman–Crippen MR) is 133 cm³/mol. The Bertz CT molecular complexity index is 1220. The number of benzene rings is 2. The van der Waals surface area contributed by atoms with E-state index in [4.69, 9.17) is 0 Å². The molecule has 0 radical (unpaired) electrons. The Morgan fingerprint density at radius 1 is 0.844 bits per heavy atom. The van der Waals surface area contributed by atoms with Gasteiger partial charge in [0.15, 0.2) is 0 Å². The molecule has 0 fully saturated rings. The number of hydrogen-bond donors (Lipinski definition) is 0. The average Bonchev–Trinajstić information content (AvgIpc) is 2.79. The zero-order valence-corrected chi connectivity index (χ0v) is 20.0. The maximum Gasteiger partial charge on any atom is 0.118 e. The number of halogens is 1. The molecule has 3 rings (SSSR count). The molecule has 0 aromatic heterocycles. The summed E-state index contributed by atoms with van der Waals surface area (Å²) in [5, 5.41) is 0. The van der Waals surface area contributed by atoms with E-state index >= 15 is 0 Å². The molecule has 0 amide bonds. The van der Waals surface area contributed by atoms with Gasteiger partial charge in [-0.3, -0.25) is 0 Å². The molecule has 0 N–H and O–H groups in total. The molecule has 0 bridgehead atoms. The van der Waals surface area contributed by atoms with Crippen molar-refractivity contribution in [2.45, 2.75) is 60.8 Å². The minimum Gasteiger partial charge on any atom is -0.210 e. The summed E-state index contributed by atoms with van der Waals surface area (Å²) in [6, 6.07) is 14.2. The third-order valence-electron chi connectivity index (χ3n) is 6.72. The Morgan fingerprint density at radius 2 is 1.50 bits per heavy atom. The zero-order valence-electron chi connectivity index (χ0n) is 20.0. The summed E-state index contributed by atoms with van der Waals surface area (Å²) in [7, 11) is 0. The number of rotatable bonds is 3. The molecule has 1 heteroatoms. The summed E-state index contributed by atoms with van der Waals surface area (Å²) in [5.41, 5.74) is 5.07. The molecule has 0 heterocycles. The van der Waals surface area contributed by atoms with Gasteiger partial charge in [-0.25, -0.2) is 4.39 Å². The van der Waals surface area contributed by atoms with Crippen molar-refractivity contribution in [1.82, 2.24) is 0 Å². The van der Waals surface area contributed by atoms with Gasteiger partial charge >= 0.3 is 0 Å². The van der Waals surface area contributed by atoms with Crippen LogP contribution in [0.3, 0.4) is 0 Å². The first-order valence-electron chi connectivity index (χ1n) is 11.4. The van der Waals surface area contributed by atoms with Crippen LogP contribution in [0.4, 0.5) is 4.39 Å². The summed E-state index contributed by atoms with van der Waals surface area (Å²) >= 11 is 0. The molecule has 162 valence electrons. The molecule has 2 aromatic rings. The van der Waals surface area contributed by atoms with Gasteiger partial charge in [-0.2, -0.15) is 0 Å². The Kier molecular flexibility index (Phi) is 6.97. The molecule has 0 nitrogen and oxygen atoms in total. The van der Waals surface area contributed by atoms with E-state index in [-0.39, 0.29) is 11.2 Å². The highest BCUT2D eigenvalue weighted by atomic mass is 19.1. The second-order valence-corrected chi connectivity index (χ2v) is 9.12. The summed E-state index contributed by atoms with van der Waals surface area (Å²) < 4.78 is 14.8. The van der Waals surface area contributed by atoms with Crippen LogP contribution in [0.5, 0.6) is 0 Å². The largest absolute Gasteiger partial charge is 0.210 e. The topological polar surface area (TPSA) is 0 Å². The minimum atomic E-state index is -0.727. The monoisotopic (exact) mass is 422 g/mol. The van der Waals surface area contributed by atoms with Crippen molar-refractivity contribution in [2.75, 3.05) is 0 Å². The van der Waals surface area contributed by atoms with E-state index < -0.39 is 5.41 Å². The van der Waals surface area contributed by atoms with Crippen molar-refractivity contribution < 1.29 is 4.39 Å². The van der Waals surface area contributed by atoms with Gasteiger partial charge in [-0.15, -0.1) is 0 Å². The summed E-state index contributed by atoms with van der Waals surface area (Å²) in [5.74, 6) is 18.5. The van der Waals surface area contributed by atoms with E-state index in [0.717, 1.165) is 47.1 Å². The molecule has 1 atom stereocenters. The second kappa shape index (κ2) is 9.51. The van der Waals surface area contributed by atoms with Crippen LogP contribution in [0.25, 0.3) is 0 Å². The van der Waals surface area contributed by atoms with Crippen LogP contribution in [0.2, 0.25) is 0 Å². The van der Waals surface area contributed by atoms with Crippen LogP contribution < -0.4 is 0 Å². The first kappa shape index (κ1) is 23.5. The van der Waals surface area contributed by atoms with Crippen LogP contribution in [-0.4, -0.2) is 0 Å². The highest BCUT2D eigenvalue weighted by Crippen LogP contribution is 2.61. The zero-order chi connectivity index (χ0) is 23.4. The molecule has 0 spiro atoms. The van der Waals surface area contributed by atoms with E-state index in [1.165, 1.54) is 5.56 Å².